The van der Waals surface area contributed by atoms with Crippen molar-refractivity contribution in [3.63, 3.8) is 0 Å². The van der Waals surface area contributed by atoms with Crippen molar-refractivity contribution in [2.45, 2.75) is 0 Å². The first kappa shape index (κ1) is 21.5. The first-order valence-corrected chi connectivity index (χ1v) is 13.4. The third kappa shape index (κ3) is 2.90. The minimum absolute atomic E-state index is 0.646. The first-order valence-electron chi connectivity index (χ1n) is 13.4. The molecular weight excluding hydrogens is 490 g/mol. The summed E-state index contributed by atoms with van der Waals surface area (Å²) >= 11 is 0. The number of rotatable bonds is 3. The van der Waals surface area contributed by atoms with Crippen LogP contribution in [0.1, 0.15) is 0 Å². The van der Waals surface area contributed by atoms with E-state index >= 15 is 0 Å². The van der Waals surface area contributed by atoms with E-state index in [2.05, 4.69) is 114 Å². The monoisotopic (exact) mass is 511 g/mol. The average Bonchev–Trinajstić information content (AvgIpc) is 3.36. The Labute approximate surface area is 229 Å². The molecule has 4 nitrogen and oxygen atoms in total. The highest BCUT2D eigenvalue weighted by atomic mass is 16.5. The number of hydrogen-bond donors (Lipinski definition) is 0. The van der Waals surface area contributed by atoms with Gasteiger partial charge in [0.1, 0.15) is 11.5 Å². The maximum absolute atomic E-state index is 6.53. The molecule has 0 saturated heterocycles. The van der Waals surface area contributed by atoms with Gasteiger partial charge in [-0.15, -0.1) is 0 Å². The molecule has 6 aromatic carbocycles. The molecule has 0 amide bonds. The Kier molecular flexibility index (Phi) is 4.30. The van der Waals surface area contributed by atoms with E-state index in [1.807, 2.05) is 18.2 Å². The SMILES string of the molecule is c1ccc(-c2nc(-n3c4cccc5c4c4c6c(cccc6c(-c6ccccc6)cc43)O5)nc3ccccc23)cc1. The Morgan fingerprint density at radius 2 is 1.18 bits per heavy atom. The largest absolute Gasteiger partial charge is 0.456 e. The van der Waals surface area contributed by atoms with E-state index in [-0.39, 0.29) is 0 Å². The van der Waals surface area contributed by atoms with E-state index in [0.29, 0.717) is 5.95 Å². The van der Waals surface area contributed by atoms with Crippen molar-refractivity contribution in [3.05, 3.63) is 127 Å². The topological polar surface area (TPSA) is 39.9 Å². The maximum Gasteiger partial charge on any atom is 0.235 e. The van der Waals surface area contributed by atoms with Crippen LogP contribution in [0.3, 0.4) is 0 Å². The Morgan fingerprint density at radius 1 is 0.500 bits per heavy atom. The predicted molar refractivity (Wildman–Crippen MR) is 162 cm³/mol. The summed E-state index contributed by atoms with van der Waals surface area (Å²) in [5.41, 5.74) is 7.31. The summed E-state index contributed by atoms with van der Waals surface area (Å²) in [5.74, 6) is 2.38. The molecule has 0 fully saturated rings. The summed E-state index contributed by atoms with van der Waals surface area (Å²) in [7, 11) is 0. The molecule has 1 aliphatic heterocycles. The van der Waals surface area contributed by atoms with E-state index in [0.717, 1.165) is 66.6 Å². The zero-order chi connectivity index (χ0) is 26.2. The molecule has 1 aliphatic rings. The molecule has 0 aliphatic carbocycles. The van der Waals surface area contributed by atoms with Crippen molar-refractivity contribution in [1.82, 2.24) is 14.5 Å². The number of aromatic nitrogens is 3. The molecule has 0 atom stereocenters. The van der Waals surface area contributed by atoms with Crippen LogP contribution < -0.4 is 4.74 Å². The Balaban J connectivity index is 1.48. The number of para-hydroxylation sites is 1. The zero-order valence-corrected chi connectivity index (χ0v) is 21.4. The number of hydrogen-bond acceptors (Lipinski definition) is 3. The van der Waals surface area contributed by atoms with Gasteiger partial charge >= 0.3 is 0 Å². The van der Waals surface area contributed by atoms with E-state index in [1.54, 1.807) is 0 Å². The lowest BCUT2D eigenvalue weighted by atomic mass is 9.93. The first-order chi connectivity index (χ1) is 19.8. The molecule has 8 aromatic rings. The van der Waals surface area contributed by atoms with Gasteiger partial charge in [-0.25, -0.2) is 9.97 Å². The number of benzene rings is 6. The number of nitrogens with zero attached hydrogens (tertiary/aromatic N) is 3. The minimum Gasteiger partial charge on any atom is -0.456 e. The van der Waals surface area contributed by atoms with Gasteiger partial charge in [-0.3, -0.25) is 4.57 Å². The van der Waals surface area contributed by atoms with Gasteiger partial charge < -0.3 is 4.74 Å². The van der Waals surface area contributed by atoms with Gasteiger partial charge in [0.05, 0.1) is 27.6 Å². The summed E-state index contributed by atoms with van der Waals surface area (Å²) in [4.78, 5) is 10.4. The van der Waals surface area contributed by atoms with Crippen LogP contribution >= 0.6 is 0 Å². The van der Waals surface area contributed by atoms with Crippen molar-refractivity contribution < 1.29 is 4.74 Å². The summed E-state index contributed by atoms with van der Waals surface area (Å²) in [6.07, 6.45) is 0. The van der Waals surface area contributed by atoms with E-state index < -0.39 is 0 Å². The van der Waals surface area contributed by atoms with E-state index in [9.17, 15) is 0 Å². The Morgan fingerprint density at radius 3 is 2.00 bits per heavy atom. The summed E-state index contributed by atoms with van der Waals surface area (Å²) in [5, 5.41) is 5.61. The third-order valence-corrected chi connectivity index (χ3v) is 7.98. The van der Waals surface area contributed by atoms with E-state index in [1.165, 1.54) is 10.8 Å². The van der Waals surface area contributed by atoms with Crippen molar-refractivity contribution in [2.75, 3.05) is 0 Å². The minimum atomic E-state index is 0.646. The molecule has 0 unspecified atom stereocenters. The highest BCUT2D eigenvalue weighted by Gasteiger charge is 2.27. The average molecular weight is 512 g/mol. The summed E-state index contributed by atoms with van der Waals surface area (Å²) in [6.45, 7) is 0. The molecule has 40 heavy (non-hydrogen) atoms. The second-order valence-electron chi connectivity index (χ2n) is 10.2. The second kappa shape index (κ2) is 8.01. The van der Waals surface area contributed by atoms with Crippen LogP contribution in [0.4, 0.5) is 0 Å². The predicted octanol–water partition coefficient (Wildman–Crippen LogP) is 9.32. The van der Waals surface area contributed by atoms with Crippen LogP contribution in [-0.2, 0) is 0 Å². The second-order valence-corrected chi connectivity index (χ2v) is 10.2. The fourth-order valence-corrected chi connectivity index (χ4v) is 6.29. The van der Waals surface area contributed by atoms with Crippen LogP contribution in [0, 0.1) is 0 Å². The summed E-state index contributed by atoms with van der Waals surface area (Å²) in [6, 6.07) is 44.0. The summed E-state index contributed by atoms with van der Waals surface area (Å²) < 4.78 is 8.75. The highest BCUT2D eigenvalue weighted by Crippen LogP contribution is 2.51. The molecule has 0 spiro atoms. The molecule has 4 heteroatoms. The molecule has 0 N–H and O–H groups in total. The fraction of sp³-hybridized carbons (Fsp3) is 0. The highest BCUT2D eigenvalue weighted by molar-refractivity contribution is 6.28. The van der Waals surface area contributed by atoms with Gasteiger partial charge in [-0.05, 0) is 46.8 Å². The molecule has 9 rings (SSSR count). The van der Waals surface area contributed by atoms with Crippen LogP contribution in [-0.4, -0.2) is 14.5 Å². The van der Waals surface area contributed by atoms with Crippen molar-refractivity contribution in [1.29, 1.82) is 0 Å². The maximum atomic E-state index is 6.53. The molecule has 186 valence electrons. The zero-order valence-electron chi connectivity index (χ0n) is 21.4. The van der Waals surface area contributed by atoms with Crippen LogP contribution in [0.5, 0.6) is 11.5 Å². The van der Waals surface area contributed by atoms with Gasteiger partial charge in [-0.1, -0.05) is 97.1 Å². The lowest BCUT2D eigenvalue weighted by molar-refractivity contribution is 0.493. The third-order valence-electron chi connectivity index (χ3n) is 7.98. The van der Waals surface area contributed by atoms with Crippen molar-refractivity contribution in [2.24, 2.45) is 0 Å². The number of ether oxygens (including phenoxy) is 1. The van der Waals surface area contributed by atoms with Gasteiger partial charge in [0.15, 0.2) is 0 Å². The number of fused-ring (bicyclic) bond motifs is 1. The normalized spacial score (nSPS) is 12.2. The molecule has 0 bridgehead atoms. The Bertz CT molecular complexity index is 2290. The smallest absolute Gasteiger partial charge is 0.235 e. The van der Waals surface area contributed by atoms with E-state index in [4.69, 9.17) is 14.7 Å². The van der Waals surface area contributed by atoms with Gasteiger partial charge in [0.2, 0.25) is 5.95 Å². The van der Waals surface area contributed by atoms with Crippen molar-refractivity contribution >= 4 is 43.5 Å². The lowest BCUT2D eigenvalue weighted by Gasteiger charge is -2.18. The van der Waals surface area contributed by atoms with Gasteiger partial charge in [0.25, 0.3) is 0 Å². The molecule has 0 radical (unpaired) electrons. The lowest BCUT2D eigenvalue weighted by Crippen LogP contribution is -2.03. The molecular formula is C36H21N3O. The molecule has 2 aromatic heterocycles. The van der Waals surface area contributed by atoms with Crippen LogP contribution in [0.2, 0.25) is 0 Å². The van der Waals surface area contributed by atoms with Crippen molar-refractivity contribution in [3.8, 4) is 39.8 Å². The van der Waals surface area contributed by atoms with Crippen LogP contribution in [0.25, 0.3) is 71.8 Å². The van der Waals surface area contributed by atoms with Gasteiger partial charge in [0, 0.05) is 21.7 Å². The fourth-order valence-electron chi connectivity index (χ4n) is 6.29. The quantitative estimate of drug-likeness (QED) is 0.237. The Hall–Kier alpha value is -5.48. The molecule has 0 saturated carbocycles. The molecule has 3 heterocycles. The standard InChI is InChI=1S/C36H21N3O/c1-3-11-22(12-4-1)26-21-29-34-32-24(26)16-9-19-30(32)40-31-20-10-18-28(33(31)34)39(29)36-37-27-17-8-7-15-25(27)35(38-36)23-13-5-2-6-14-23/h1-21H. The van der Waals surface area contributed by atoms with Gasteiger partial charge in [-0.2, -0.15) is 0 Å². The van der Waals surface area contributed by atoms with Crippen LogP contribution in [0.15, 0.2) is 127 Å².